The summed E-state index contributed by atoms with van der Waals surface area (Å²) in [6.07, 6.45) is -4.42. The molecular formula is C10H11F3N2O. The van der Waals surface area contributed by atoms with Gasteiger partial charge in [-0.15, -0.1) is 0 Å². The zero-order valence-electron chi connectivity index (χ0n) is 8.51. The Morgan fingerprint density at radius 1 is 1.44 bits per heavy atom. The summed E-state index contributed by atoms with van der Waals surface area (Å²) in [6.45, 7) is 0. The number of nitrogens with two attached hydrogens (primary N) is 1. The Balaban J connectivity index is 3.11. The van der Waals surface area contributed by atoms with Crippen LogP contribution in [0, 0.1) is 0 Å². The second kappa shape index (κ2) is 4.52. The molecule has 1 atom stereocenters. The van der Waals surface area contributed by atoms with E-state index in [0.29, 0.717) is 0 Å². The van der Waals surface area contributed by atoms with Crippen molar-refractivity contribution in [1.29, 1.82) is 0 Å². The quantitative estimate of drug-likeness (QED) is 0.828. The molecule has 88 valence electrons. The summed E-state index contributed by atoms with van der Waals surface area (Å²) >= 11 is 0. The Hall–Kier alpha value is -1.56. The maximum Gasteiger partial charge on any atom is 0.416 e. The lowest BCUT2D eigenvalue weighted by molar-refractivity contribution is -0.137. The zero-order valence-corrected chi connectivity index (χ0v) is 8.51. The molecule has 0 aliphatic carbocycles. The highest BCUT2D eigenvalue weighted by molar-refractivity contribution is 5.81. The van der Waals surface area contributed by atoms with E-state index in [9.17, 15) is 18.0 Å². The molecule has 1 rings (SSSR count). The average Bonchev–Trinajstić information content (AvgIpc) is 2.17. The molecule has 1 aromatic rings. The van der Waals surface area contributed by atoms with Gasteiger partial charge in [-0.2, -0.15) is 13.2 Å². The average molecular weight is 232 g/mol. The first-order valence-corrected chi connectivity index (χ1v) is 4.50. The highest BCUT2D eigenvalue weighted by Gasteiger charge is 2.31. The molecule has 3 nitrogen and oxygen atoms in total. The fraction of sp³-hybridized carbons (Fsp3) is 0.300. The minimum Gasteiger partial charge on any atom is -0.368 e. The summed E-state index contributed by atoms with van der Waals surface area (Å²) in [4.78, 5) is 11.0. The fourth-order valence-corrected chi connectivity index (χ4v) is 1.37. The number of carbonyl (C=O) groups excluding carboxylic acids is 1. The van der Waals surface area contributed by atoms with Gasteiger partial charge in [-0.05, 0) is 24.7 Å². The van der Waals surface area contributed by atoms with Gasteiger partial charge in [0.25, 0.3) is 0 Å². The van der Waals surface area contributed by atoms with Crippen molar-refractivity contribution in [2.45, 2.75) is 12.2 Å². The van der Waals surface area contributed by atoms with Gasteiger partial charge in [-0.1, -0.05) is 12.1 Å². The van der Waals surface area contributed by atoms with Crippen LogP contribution in [-0.2, 0) is 11.0 Å². The Bertz CT molecular complexity index is 390. The first kappa shape index (κ1) is 12.5. The summed E-state index contributed by atoms with van der Waals surface area (Å²) < 4.78 is 37.2. The van der Waals surface area contributed by atoms with Gasteiger partial charge in [-0.25, -0.2) is 0 Å². The van der Waals surface area contributed by atoms with E-state index in [1.807, 2.05) is 0 Å². The summed E-state index contributed by atoms with van der Waals surface area (Å²) in [5, 5.41) is 2.55. The van der Waals surface area contributed by atoms with Gasteiger partial charge in [0, 0.05) is 0 Å². The minimum absolute atomic E-state index is 0.199. The third kappa shape index (κ3) is 2.73. The van der Waals surface area contributed by atoms with Crippen LogP contribution in [0.25, 0.3) is 0 Å². The smallest absolute Gasteiger partial charge is 0.368 e. The number of alkyl halides is 3. The van der Waals surface area contributed by atoms with Crippen molar-refractivity contribution in [2.75, 3.05) is 7.05 Å². The van der Waals surface area contributed by atoms with Crippen LogP contribution < -0.4 is 11.1 Å². The molecule has 0 bridgehead atoms. The van der Waals surface area contributed by atoms with Crippen molar-refractivity contribution in [1.82, 2.24) is 5.32 Å². The second-order valence-corrected chi connectivity index (χ2v) is 3.25. The number of carbonyl (C=O) groups is 1. The van der Waals surface area contributed by atoms with E-state index in [0.717, 1.165) is 12.1 Å². The number of rotatable bonds is 3. The molecule has 0 fully saturated rings. The SMILES string of the molecule is CN[C@@H](C(N)=O)c1cccc(C(F)(F)F)c1. The summed E-state index contributed by atoms with van der Waals surface area (Å²) in [5.41, 5.74) is 4.46. The van der Waals surface area contributed by atoms with Crippen LogP contribution in [0.5, 0.6) is 0 Å². The number of amides is 1. The molecule has 1 amide bonds. The summed E-state index contributed by atoms with van der Waals surface area (Å²) in [6, 6.07) is 3.60. The van der Waals surface area contributed by atoms with Crippen molar-refractivity contribution in [3.8, 4) is 0 Å². The highest BCUT2D eigenvalue weighted by atomic mass is 19.4. The first-order valence-electron chi connectivity index (χ1n) is 4.50. The number of nitrogens with one attached hydrogen (secondary N) is 1. The summed E-state index contributed by atoms with van der Waals surface area (Å²) in [5.74, 6) is -0.721. The Morgan fingerprint density at radius 2 is 2.06 bits per heavy atom. The number of benzene rings is 1. The molecule has 0 aromatic heterocycles. The van der Waals surface area contributed by atoms with E-state index in [4.69, 9.17) is 5.73 Å². The van der Waals surface area contributed by atoms with E-state index in [1.165, 1.54) is 19.2 Å². The van der Waals surface area contributed by atoms with Crippen LogP contribution in [0.3, 0.4) is 0 Å². The monoisotopic (exact) mass is 232 g/mol. The topological polar surface area (TPSA) is 55.1 Å². The molecule has 0 aliphatic heterocycles. The Labute approximate surface area is 90.4 Å². The predicted molar refractivity (Wildman–Crippen MR) is 52.4 cm³/mol. The maximum atomic E-state index is 12.4. The predicted octanol–water partition coefficient (Wildman–Crippen LogP) is 1.45. The minimum atomic E-state index is -4.42. The Morgan fingerprint density at radius 3 is 2.50 bits per heavy atom. The van der Waals surface area contributed by atoms with Gasteiger partial charge in [0.2, 0.25) is 5.91 Å². The van der Waals surface area contributed by atoms with Crippen LogP contribution in [0.1, 0.15) is 17.2 Å². The number of hydrogen-bond donors (Lipinski definition) is 2. The van der Waals surface area contributed by atoms with Crippen LogP contribution in [0.15, 0.2) is 24.3 Å². The normalized spacial score (nSPS) is 13.5. The largest absolute Gasteiger partial charge is 0.416 e. The number of hydrogen-bond acceptors (Lipinski definition) is 2. The van der Waals surface area contributed by atoms with Crippen molar-refractivity contribution in [3.63, 3.8) is 0 Å². The van der Waals surface area contributed by atoms with E-state index >= 15 is 0 Å². The molecule has 0 radical (unpaired) electrons. The first-order chi connectivity index (χ1) is 7.36. The van der Waals surface area contributed by atoms with Gasteiger partial charge in [0.15, 0.2) is 0 Å². The van der Waals surface area contributed by atoms with Crippen LogP contribution in [-0.4, -0.2) is 13.0 Å². The molecule has 0 heterocycles. The van der Waals surface area contributed by atoms with Crippen molar-refractivity contribution >= 4 is 5.91 Å². The lowest BCUT2D eigenvalue weighted by atomic mass is 10.0. The highest BCUT2D eigenvalue weighted by Crippen LogP contribution is 2.30. The zero-order chi connectivity index (χ0) is 12.3. The lowest BCUT2D eigenvalue weighted by Gasteiger charge is -2.14. The van der Waals surface area contributed by atoms with Gasteiger partial charge in [0.1, 0.15) is 6.04 Å². The standard InChI is InChI=1S/C10H11F3N2O/c1-15-8(9(14)16)6-3-2-4-7(5-6)10(11,12)13/h2-5,8,15H,1H3,(H2,14,16)/t8-/m1/s1. The second-order valence-electron chi connectivity index (χ2n) is 3.25. The Kier molecular flexibility index (Phi) is 3.54. The number of primary amides is 1. The van der Waals surface area contributed by atoms with E-state index < -0.39 is 23.7 Å². The van der Waals surface area contributed by atoms with Gasteiger partial charge in [-0.3, -0.25) is 4.79 Å². The van der Waals surface area contributed by atoms with Crippen LogP contribution >= 0.6 is 0 Å². The third-order valence-corrected chi connectivity index (χ3v) is 2.12. The molecule has 0 saturated heterocycles. The van der Waals surface area contributed by atoms with Gasteiger partial charge in [0.05, 0.1) is 5.56 Å². The summed E-state index contributed by atoms with van der Waals surface area (Å²) in [7, 11) is 1.45. The van der Waals surface area contributed by atoms with Gasteiger partial charge < -0.3 is 11.1 Å². The van der Waals surface area contributed by atoms with Gasteiger partial charge >= 0.3 is 6.18 Å². The van der Waals surface area contributed by atoms with Crippen molar-refractivity contribution in [2.24, 2.45) is 5.73 Å². The number of halogens is 3. The van der Waals surface area contributed by atoms with E-state index in [1.54, 1.807) is 0 Å². The van der Waals surface area contributed by atoms with Crippen molar-refractivity contribution < 1.29 is 18.0 Å². The fourth-order valence-electron chi connectivity index (χ4n) is 1.37. The molecular weight excluding hydrogens is 221 g/mol. The number of likely N-dealkylation sites (N-methyl/N-ethyl adjacent to an activating group) is 1. The lowest BCUT2D eigenvalue weighted by Crippen LogP contribution is -2.31. The van der Waals surface area contributed by atoms with E-state index in [2.05, 4.69) is 5.32 Å². The third-order valence-electron chi connectivity index (χ3n) is 2.12. The molecule has 0 aliphatic rings. The van der Waals surface area contributed by atoms with E-state index in [-0.39, 0.29) is 5.56 Å². The molecule has 6 heteroatoms. The van der Waals surface area contributed by atoms with Crippen molar-refractivity contribution in [3.05, 3.63) is 35.4 Å². The maximum absolute atomic E-state index is 12.4. The molecule has 0 saturated carbocycles. The molecule has 0 unspecified atom stereocenters. The molecule has 0 spiro atoms. The molecule has 16 heavy (non-hydrogen) atoms. The molecule has 1 aromatic carbocycles. The van der Waals surface area contributed by atoms with Crippen LogP contribution in [0.2, 0.25) is 0 Å². The molecule has 3 N–H and O–H groups in total. The van der Waals surface area contributed by atoms with Crippen LogP contribution in [0.4, 0.5) is 13.2 Å².